The summed E-state index contributed by atoms with van der Waals surface area (Å²) in [4.78, 5) is 35.4. The van der Waals surface area contributed by atoms with Crippen molar-refractivity contribution in [3.05, 3.63) is 58.6 Å². The zero-order valence-electron chi connectivity index (χ0n) is 14.5. The summed E-state index contributed by atoms with van der Waals surface area (Å²) in [6.45, 7) is 1.18. The SMILES string of the molecule is Cc1c(Cl)cccc1NC(=O)CNC(=O)C(=O)Nc1cccc(C(F)(F)F)c1. The van der Waals surface area contributed by atoms with Gasteiger partial charge in [0.2, 0.25) is 5.91 Å². The fourth-order valence-corrected chi connectivity index (χ4v) is 2.31. The summed E-state index contributed by atoms with van der Waals surface area (Å²) in [5, 5.41) is 7.10. The fourth-order valence-electron chi connectivity index (χ4n) is 2.14. The first kappa shape index (κ1) is 21.2. The van der Waals surface area contributed by atoms with Crippen LogP contribution in [0.1, 0.15) is 11.1 Å². The summed E-state index contributed by atoms with van der Waals surface area (Å²) in [5.41, 5.74) is -0.0951. The minimum Gasteiger partial charge on any atom is -0.339 e. The lowest BCUT2D eigenvalue weighted by molar-refractivity contribution is -0.137. The van der Waals surface area contributed by atoms with E-state index in [-0.39, 0.29) is 5.69 Å². The highest BCUT2D eigenvalue weighted by Crippen LogP contribution is 2.30. The van der Waals surface area contributed by atoms with E-state index in [1.165, 1.54) is 6.07 Å². The Morgan fingerprint density at radius 2 is 1.68 bits per heavy atom. The lowest BCUT2D eigenvalue weighted by Gasteiger charge is -2.11. The van der Waals surface area contributed by atoms with Gasteiger partial charge in [-0.2, -0.15) is 13.2 Å². The zero-order valence-corrected chi connectivity index (χ0v) is 15.2. The molecule has 28 heavy (non-hydrogen) atoms. The third-order valence-corrected chi connectivity index (χ3v) is 4.01. The number of alkyl halides is 3. The highest BCUT2D eigenvalue weighted by atomic mass is 35.5. The molecule has 6 nitrogen and oxygen atoms in total. The van der Waals surface area contributed by atoms with E-state index in [1.807, 2.05) is 5.32 Å². The van der Waals surface area contributed by atoms with Gasteiger partial charge in [0, 0.05) is 16.4 Å². The Labute approximate surface area is 163 Å². The maximum absolute atomic E-state index is 12.7. The highest BCUT2D eigenvalue weighted by molar-refractivity contribution is 6.40. The van der Waals surface area contributed by atoms with Crippen molar-refractivity contribution in [1.29, 1.82) is 0 Å². The molecule has 148 valence electrons. The van der Waals surface area contributed by atoms with Crippen LogP contribution in [-0.2, 0) is 20.6 Å². The van der Waals surface area contributed by atoms with Crippen molar-refractivity contribution in [3.63, 3.8) is 0 Å². The molecule has 0 fully saturated rings. The van der Waals surface area contributed by atoms with Gasteiger partial charge in [-0.3, -0.25) is 14.4 Å². The van der Waals surface area contributed by atoms with Crippen LogP contribution in [0, 0.1) is 6.92 Å². The molecule has 0 radical (unpaired) electrons. The minimum atomic E-state index is -4.58. The Morgan fingerprint density at radius 1 is 1.00 bits per heavy atom. The summed E-state index contributed by atoms with van der Waals surface area (Å²) in [6, 6.07) is 8.71. The van der Waals surface area contributed by atoms with Crippen molar-refractivity contribution in [3.8, 4) is 0 Å². The van der Waals surface area contributed by atoms with Crippen molar-refractivity contribution in [2.24, 2.45) is 0 Å². The number of hydrogen-bond acceptors (Lipinski definition) is 3. The van der Waals surface area contributed by atoms with Crippen LogP contribution in [0.2, 0.25) is 5.02 Å². The summed E-state index contributed by atoms with van der Waals surface area (Å²) < 4.78 is 38.0. The first-order valence-electron chi connectivity index (χ1n) is 7.89. The lowest BCUT2D eigenvalue weighted by Crippen LogP contribution is -2.39. The number of benzene rings is 2. The van der Waals surface area contributed by atoms with Gasteiger partial charge in [-0.15, -0.1) is 0 Å². The number of amides is 3. The van der Waals surface area contributed by atoms with Crippen molar-refractivity contribution < 1.29 is 27.6 Å². The van der Waals surface area contributed by atoms with Crippen LogP contribution in [0.5, 0.6) is 0 Å². The minimum absolute atomic E-state index is 0.200. The number of nitrogens with one attached hydrogen (secondary N) is 3. The molecule has 0 aliphatic rings. The molecule has 2 aromatic rings. The molecule has 3 N–H and O–H groups in total. The van der Waals surface area contributed by atoms with Gasteiger partial charge in [-0.1, -0.05) is 23.7 Å². The van der Waals surface area contributed by atoms with Crippen LogP contribution in [0.4, 0.5) is 24.5 Å². The molecule has 0 saturated heterocycles. The van der Waals surface area contributed by atoms with Crippen LogP contribution < -0.4 is 16.0 Å². The maximum atomic E-state index is 12.7. The molecule has 2 rings (SSSR count). The standard InChI is InChI=1S/C18H15ClF3N3O3/c1-10-13(19)6-3-7-14(10)25-15(26)9-23-16(27)17(28)24-12-5-2-4-11(8-12)18(20,21)22/h2-8H,9H2,1H3,(H,23,27)(H,24,28)(H,25,26). The number of rotatable bonds is 4. The van der Waals surface area contributed by atoms with Gasteiger partial charge < -0.3 is 16.0 Å². The maximum Gasteiger partial charge on any atom is 0.416 e. The molecule has 0 aliphatic heterocycles. The first-order valence-corrected chi connectivity index (χ1v) is 8.27. The van der Waals surface area contributed by atoms with E-state index in [1.54, 1.807) is 25.1 Å². The van der Waals surface area contributed by atoms with Crippen LogP contribution in [0.25, 0.3) is 0 Å². The van der Waals surface area contributed by atoms with Gasteiger partial charge in [-0.25, -0.2) is 0 Å². The lowest BCUT2D eigenvalue weighted by atomic mass is 10.2. The van der Waals surface area contributed by atoms with Gasteiger partial charge >= 0.3 is 18.0 Å². The molecule has 0 bridgehead atoms. The van der Waals surface area contributed by atoms with Crippen molar-refractivity contribution in [2.45, 2.75) is 13.1 Å². The third-order valence-electron chi connectivity index (χ3n) is 3.61. The summed E-state index contributed by atoms with van der Waals surface area (Å²) in [7, 11) is 0. The number of anilines is 2. The molecule has 0 atom stereocenters. The molecule has 10 heteroatoms. The van der Waals surface area contributed by atoms with E-state index in [9.17, 15) is 27.6 Å². The smallest absolute Gasteiger partial charge is 0.339 e. The topological polar surface area (TPSA) is 87.3 Å². The van der Waals surface area contributed by atoms with Crippen molar-refractivity contribution in [2.75, 3.05) is 17.2 Å². The molecule has 0 saturated carbocycles. The Hall–Kier alpha value is -3.07. The van der Waals surface area contributed by atoms with Gasteiger partial charge in [0.05, 0.1) is 12.1 Å². The molecule has 3 amide bonds. The van der Waals surface area contributed by atoms with E-state index in [2.05, 4.69) is 10.6 Å². The van der Waals surface area contributed by atoms with Crippen LogP contribution in [-0.4, -0.2) is 24.3 Å². The Morgan fingerprint density at radius 3 is 2.36 bits per heavy atom. The average molecular weight is 414 g/mol. The fraction of sp³-hybridized carbons (Fsp3) is 0.167. The molecule has 0 heterocycles. The second-order valence-electron chi connectivity index (χ2n) is 5.68. The van der Waals surface area contributed by atoms with Crippen molar-refractivity contribution in [1.82, 2.24) is 5.32 Å². The Kier molecular flexibility index (Phi) is 6.63. The monoisotopic (exact) mass is 413 g/mol. The molecule has 2 aromatic carbocycles. The number of hydrogen-bond donors (Lipinski definition) is 3. The molecule has 0 aliphatic carbocycles. The van der Waals surface area contributed by atoms with Crippen LogP contribution in [0.15, 0.2) is 42.5 Å². The summed E-state index contributed by atoms with van der Waals surface area (Å²) in [6.07, 6.45) is -4.58. The normalized spacial score (nSPS) is 10.9. The van der Waals surface area contributed by atoms with E-state index in [4.69, 9.17) is 11.6 Å². The van der Waals surface area contributed by atoms with E-state index in [0.717, 1.165) is 12.1 Å². The molecule has 0 spiro atoms. The van der Waals surface area contributed by atoms with E-state index >= 15 is 0 Å². The molecular formula is C18H15ClF3N3O3. The summed E-state index contributed by atoms with van der Waals surface area (Å²) in [5.74, 6) is -2.98. The van der Waals surface area contributed by atoms with Gasteiger partial charge in [0.15, 0.2) is 0 Å². The van der Waals surface area contributed by atoms with Gasteiger partial charge in [0.1, 0.15) is 0 Å². The van der Waals surface area contributed by atoms with Crippen LogP contribution in [0.3, 0.4) is 0 Å². The largest absolute Gasteiger partial charge is 0.416 e. The van der Waals surface area contributed by atoms with Gasteiger partial charge in [-0.05, 0) is 42.8 Å². The number of halogens is 4. The average Bonchev–Trinajstić information content (AvgIpc) is 2.63. The number of carbonyl (C=O) groups is 3. The quantitative estimate of drug-likeness (QED) is 0.672. The highest BCUT2D eigenvalue weighted by Gasteiger charge is 2.30. The van der Waals surface area contributed by atoms with E-state index in [0.29, 0.717) is 22.3 Å². The Balaban J connectivity index is 1.90. The molecule has 0 unspecified atom stereocenters. The second-order valence-corrected chi connectivity index (χ2v) is 6.08. The number of carbonyl (C=O) groups excluding carboxylic acids is 3. The van der Waals surface area contributed by atoms with Gasteiger partial charge in [0.25, 0.3) is 0 Å². The zero-order chi connectivity index (χ0) is 20.9. The molecular weight excluding hydrogens is 399 g/mol. The second kappa shape index (κ2) is 8.75. The first-order chi connectivity index (χ1) is 13.1. The summed E-state index contributed by atoms with van der Waals surface area (Å²) >= 11 is 5.94. The predicted molar refractivity (Wildman–Crippen MR) is 97.9 cm³/mol. The third kappa shape index (κ3) is 5.71. The molecule has 0 aromatic heterocycles. The van der Waals surface area contributed by atoms with E-state index < -0.39 is 36.0 Å². The predicted octanol–water partition coefficient (Wildman–Crippen LogP) is 3.36. The van der Waals surface area contributed by atoms with Crippen molar-refractivity contribution >= 4 is 40.7 Å². The Bertz CT molecular complexity index is 916. The van der Waals surface area contributed by atoms with Crippen LogP contribution >= 0.6 is 11.6 Å².